The molecule has 6 aliphatic rings. The highest BCUT2D eigenvalue weighted by Crippen LogP contribution is 2.46. The van der Waals surface area contributed by atoms with Gasteiger partial charge in [0.25, 0.3) is 0 Å². The van der Waals surface area contributed by atoms with E-state index in [1.807, 2.05) is 4.57 Å². The molecule has 1 aromatic heterocycles. The molecule has 1 aromatic carbocycles. The van der Waals surface area contributed by atoms with Crippen molar-refractivity contribution in [3.05, 3.63) is 33.9 Å². The number of rotatable bonds is 24. The molecule has 4 saturated heterocycles. The highest BCUT2D eigenvalue weighted by atomic mass is 19.1. The third-order valence-corrected chi connectivity index (χ3v) is 16.3. The highest BCUT2D eigenvalue weighted by molar-refractivity contribution is 5.97. The van der Waals surface area contributed by atoms with Gasteiger partial charge in [0.05, 0.1) is 48.9 Å². The Morgan fingerprint density at radius 2 is 1.47 bits per heavy atom. The van der Waals surface area contributed by atoms with Gasteiger partial charge < -0.3 is 92.1 Å². The molecule has 2 saturated carbocycles. The fraction of sp³-hybridized carbons (Fsp3) is 0.804. The third kappa shape index (κ3) is 12.7. The second-order valence-corrected chi connectivity index (χ2v) is 21.5. The number of piperidine rings is 1. The molecule has 4 aliphatic heterocycles. The minimum Gasteiger partial charge on any atom is -0.492 e. The number of nitrogens with zero attached hydrogens (tertiary/aromatic N) is 3. The molecule has 22 heteroatoms. The number of nitrogens with two attached hydrogens (primary N) is 5. The first-order valence-corrected chi connectivity index (χ1v) is 26.9. The van der Waals surface area contributed by atoms with E-state index < -0.39 is 109 Å². The first-order chi connectivity index (χ1) is 35.1. The number of benzene rings is 1. The number of carbonyl (C=O) groups is 1. The molecule has 412 valence electrons. The molecule has 2 aromatic rings. The van der Waals surface area contributed by atoms with Gasteiger partial charge in [-0.1, -0.05) is 51.4 Å². The summed E-state index contributed by atoms with van der Waals surface area (Å²) in [5.41, 5.74) is 31.1. The number of aliphatic hydroxyl groups is 4. The number of carboxylic acid groups (broad SMARTS) is 1. The zero-order valence-corrected chi connectivity index (χ0v) is 42.3. The number of aromatic nitrogens is 1. The number of methoxy groups -OCH3 is 1. The summed E-state index contributed by atoms with van der Waals surface area (Å²) in [6, 6.07) is -1.56. The zero-order valence-electron chi connectivity index (χ0n) is 42.3. The van der Waals surface area contributed by atoms with Gasteiger partial charge in [-0.3, -0.25) is 9.69 Å². The van der Waals surface area contributed by atoms with Gasteiger partial charge in [0, 0.05) is 56.6 Å². The second kappa shape index (κ2) is 25.3. The van der Waals surface area contributed by atoms with E-state index in [1.165, 1.54) is 25.8 Å². The van der Waals surface area contributed by atoms with Crippen LogP contribution in [-0.2, 0) is 23.7 Å². The van der Waals surface area contributed by atoms with Crippen molar-refractivity contribution in [2.45, 2.75) is 200 Å². The Bertz CT molecular complexity index is 2200. The first kappa shape index (κ1) is 56.0. The Kier molecular flexibility index (Phi) is 19.4. The maximum Gasteiger partial charge on any atom is 0.341 e. The number of fused-ring (bicyclic) bond motifs is 2. The number of aromatic carboxylic acids is 1. The van der Waals surface area contributed by atoms with Crippen LogP contribution in [0.5, 0.6) is 5.75 Å². The Morgan fingerprint density at radius 3 is 2.10 bits per heavy atom. The SMILES string of the molecule is COc1c(N2C[C@@H]3CCCN(CCCCCCCCCCCCO[C@H]4[C@@H](O[C@@H]5[C@@H](O)[C@H](O[C@H]6O[C@H](CN)[C@@H](O)C[C@H]6N)[C@@H](N)C[C@H]5N)O[C@H](CO)[C@@H](O)[C@@H]4N)[C@@H]3C2)c(F)cc2c(=O)c(C(=O)O)cn(C3CC3)c12. The van der Waals surface area contributed by atoms with E-state index in [0.717, 1.165) is 96.6 Å². The zero-order chi connectivity index (χ0) is 52.1. The lowest BCUT2D eigenvalue weighted by molar-refractivity contribution is -0.320. The van der Waals surface area contributed by atoms with Crippen LogP contribution in [0.25, 0.3) is 10.9 Å². The summed E-state index contributed by atoms with van der Waals surface area (Å²) in [5, 5.41) is 52.4. The topological polar surface area (TPSA) is 332 Å². The van der Waals surface area contributed by atoms with E-state index in [1.54, 1.807) is 0 Å². The van der Waals surface area contributed by atoms with Gasteiger partial charge >= 0.3 is 5.97 Å². The third-order valence-electron chi connectivity index (χ3n) is 16.3. The lowest BCUT2D eigenvalue weighted by Crippen LogP contribution is -2.68. The molecule has 6 fully saturated rings. The number of unbranched alkanes of at least 4 members (excludes halogenated alkanes) is 9. The monoisotopic (exact) mass is 1030 g/mol. The standard InChI is InChI=1S/C51H83FN8O13/c1-68-48-40-29(42(63)30(49(66)67)24-60(40)28-14-15-28)19-31(52)41(48)59-23-27-13-12-17-58(35(27)25-59)16-10-8-6-4-2-3-5-7-9-11-18-69-47-39(57)43(64)38(26-61)71-51(47)73-46-33(55)20-32(54)45(44(46)65)72-50-34(56)21-36(62)37(22-53)70-50/h19,24,27-28,32-39,43-47,50-51,61-62,64-65H,2-18,20-23,25-26,53-57H2,1H3,(H,66,67)/t27-,32-,33+,34+,35+,36-,37+,38+,39-,43+,44-,45+,46-,47+,50+,51+/m0/s1. The van der Waals surface area contributed by atoms with Crippen LogP contribution in [0.15, 0.2) is 17.1 Å². The van der Waals surface area contributed by atoms with Crippen LogP contribution in [0.4, 0.5) is 10.1 Å². The summed E-state index contributed by atoms with van der Waals surface area (Å²) >= 11 is 0. The summed E-state index contributed by atoms with van der Waals surface area (Å²) in [5.74, 6) is -1.21. The Morgan fingerprint density at radius 1 is 0.822 bits per heavy atom. The minimum atomic E-state index is -1.36. The molecule has 0 spiro atoms. The molecule has 0 amide bonds. The van der Waals surface area contributed by atoms with Crippen LogP contribution in [0.1, 0.15) is 119 Å². The quantitative estimate of drug-likeness (QED) is 0.0648. The maximum atomic E-state index is 16.1. The smallest absolute Gasteiger partial charge is 0.341 e. The number of ether oxygens (including phenoxy) is 6. The molecule has 21 nitrogen and oxygen atoms in total. The molecular formula is C51H83FN8O13. The largest absolute Gasteiger partial charge is 0.492 e. The van der Waals surface area contributed by atoms with Gasteiger partial charge in [0.2, 0.25) is 5.43 Å². The van der Waals surface area contributed by atoms with Crippen LogP contribution in [0.2, 0.25) is 0 Å². The number of hydrogen-bond donors (Lipinski definition) is 10. The highest BCUT2D eigenvalue weighted by Gasteiger charge is 2.51. The fourth-order valence-electron chi connectivity index (χ4n) is 12.1. The number of hydrogen-bond acceptors (Lipinski definition) is 19. The number of likely N-dealkylation sites (tertiary alicyclic amines) is 1. The molecular weight excluding hydrogens is 952 g/mol. The Labute approximate surface area is 426 Å². The van der Waals surface area contributed by atoms with Crippen LogP contribution < -0.4 is 43.7 Å². The lowest BCUT2D eigenvalue weighted by atomic mass is 9.84. The average Bonchev–Trinajstić information content (AvgIpc) is 4.12. The molecule has 73 heavy (non-hydrogen) atoms. The fourth-order valence-corrected chi connectivity index (χ4v) is 12.1. The summed E-state index contributed by atoms with van der Waals surface area (Å²) in [4.78, 5) is 29.8. The van der Waals surface area contributed by atoms with Crippen molar-refractivity contribution in [2.24, 2.45) is 34.6 Å². The van der Waals surface area contributed by atoms with Crippen molar-refractivity contribution in [1.29, 1.82) is 0 Å². The maximum absolute atomic E-state index is 16.1. The van der Waals surface area contributed by atoms with Gasteiger partial charge in [-0.2, -0.15) is 0 Å². The van der Waals surface area contributed by atoms with Crippen LogP contribution in [-0.4, -0.2) is 186 Å². The Balaban J connectivity index is 0.737. The molecule has 5 heterocycles. The summed E-state index contributed by atoms with van der Waals surface area (Å²) in [6.07, 6.45) is 5.94. The van der Waals surface area contributed by atoms with E-state index in [0.29, 0.717) is 48.6 Å². The van der Waals surface area contributed by atoms with Crippen molar-refractivity contribution in [1.82, 2.24) is 9.47 Å². The van der Waals surface area contributed by atoms with E-state index in [9.17, 15) is 35.1 Å². The number of pyridine rings is 1. The second-order valence-electron chi connectivity index (χ2n) is 21.5. The molecule has 8 rings (SSSR count). The van der Waals surface area contributed by atoms with E-state index in [2.05, 4.69) is 9.80 Å². The normalized spacial score (nSPS) is 35.1. The molecule has 0 unspecified atom stereocenters. The molecule has 15 N–H and O–H groups in total. The van der Waals surface area contributed by atoms with Gasteiger partial charge in [0.1, 0.15) is 47.9 Å². The lowest BCUT2D eigenvalue weighted by Gasteiger charge is -2.48. The van der Waals surface area contributed by atoms with Gasteiger partial charge in [-0.15, -0.1) is 0 Å². The van der Waals surface area contributed by atoms with Crippen LogP contribution >= 0.6 is 0 Å². The number of carboxylic acids is 1. The van der Waals surface area contributed by atoms with Crippen LogP contribution in [0.3, 0.4) is 0 Å². The molecule has 0 radical (unpaired) electrons. The predicted molar refractivity (Wildman–Crippen MR) is 269 cm³/mol. The summed E-state index contributed by atoms with van der Waals surface area (Å²) < 4.78 is 54.2. The average molecular weight is 1040 g/mol. The number of aliphatic hydroxyl groups excluding tert-OH is 4. The number of halogens is 1. The van der Waals surface area contributed by atoms with E-state index >= 15 is 4.39 Å². The van der Waals surface area contributed by atoms with Crippen molar-refractivity contribution in [3.8, 4) is 5.75 Å². The summed E-state index contributed by atoms with van der Waals surface area (Å²) in [7, 11) is 1.49. The van der Waals surface area contributed by atoms with Gasteiger partial charge in [-0.05, 0) is 76.4 Å². The Hall–Kier alpha value is -3.17. The van der Waals surface area contributed by atoms with Crippen molar-refractivity contribution < 1.29 is 63.1 Å². The number of anilines is 1. The predicted octanol–water partition coefficient (Wildman–Crippen LogP) is 0.726. The first-order valence-electron chi connectivity index (χ1n) is 26.9. The van der Waals surface area contributed by atoms with Crippen LogP contribution in [0, 0.1) is 11.7 Å². The molecule has 0 bridgehead atoms. The molecule has 16 atom stereocenters. The minimum absolute atomic E-state index is 0.0345. The molecule has 2 aliphatic carbocycles. The van der Waals surface area contributed by atoms with Crippen molar-refractivity contribution in [2.75, 3.05) is 57.9 Å². The van der Waals surface area contributed by atoms with E-state index in [-0.39, 0.29) is 36.4 Å². The van der Waals surface area contributed by atoms with Gasteiger partial charge in [0.15, 0.2) is 24.1 Å². The van der Waals surface area contributed by atoms with Crippen molar-refractivity contribution >= 4 is 22.6 Å². The summed E-state index contributed by atoms with van der Waals surface area (Å²) in [6.45, 7) is 3.21. The van der Waals surface area contributed by atoms with Gasteiger partial charge in [-0.25, -0.2) is 9.18 Å². The van der Waals surface area contributed by atoms with E-state index in [4.69, 9.17) is 57.1 Å². The van der Waals surface area contributed by atoms with Crippen molar-refractivity contribution in [3.63, 3.8) is 0 Å².